The van der Waals surface area contributed by atoms with Gasteiger partial charge in [-0.3, -0.25) is 9.69 Å². The summed E-state index contributed by atoms with van der Waals surface area (Å²) in [6, 6.07) is 8.20. The van der Waals surface area contributed by atoms with Gasteiger partial charge < -0.3 is 9.30 Å². The first-order valence-corrected chi connectivity index (χ1v) is 12.0. The molecule has 0 spiro atoms. The van der Waals surface area contributed by atoms with Crippen LogP contribution in [0.5, 0.6) is 0 Å². The van der Waals surface area contributed by atoms with E-state index in [1.165, 1.54) is 9.13 Å². The Balaban J connectivity index is 1.65. The lowest BCUT2D eigenvalue weighted by atomic mass is 10.0. The standard InChI is InChI=1S/C25H25IN4O2/c1-4-5-23(31)30(21-12-15(2)19(26)13-18(21)16-6-7-16)22-9-8-20-24(27-22)28-25(29(20)3)17-10-11-32-14-17/h8-9,12-13,16-17H,6-7,10-11,14H2,1-3H3. The first-order valence-electron chi connectivity index (χ1n) is 11.0. The summed E-state index contributed by atoms with van der Waals surface area (Å²) in [6.07, 6.45) is 3.26. The van der Waals surface area contributed by atoms with E-state index in [-0.39, 0.29) is 11.8 Å². The van der Waals surface area contributed by atoms with E-state index >= 15 is 0 Å². The van der Waals surface area contributed by atoms with Gasteiger partial charge in [-0.2, -0.15) is 0 Å². The molecule has 32 heavy (non-hydrogen) atoms. The van der Waals surface area contributed by atoms with Crippen LogP contribution in [0.4, 0.5) is 11.5 Å². The number of pyridine rings is 1. The highest BCUT2D eigenvalue weighted by molar-refractivity contribution is 14.1. The van der Waals surface area contributed by atoms with Gasteiger partial charge in [0.15, 0.2) is 5.65 Å². The summed E-state index contributed by atoms with van der Waals surface area (Å²) >= 11 is 2.37. The number of carbonyl (C=O) groups excluding carboxylic acids is 1. The van der Waals surface area contributed by atoms with E-state index in [2.05, 4.69) is 58.1 Å². The van der Waals surface area contributed by atoms with Crippen molar-refractivity contribution in [1.29, 1.82) is 0 Å². The first kappa shape index (κ1) is 21.4. The summed E-state index contributed by atoms with van der Waals surface area (Å²) < 4.78 is 8.86. The van der Waals surface area contributed by atoms with Crippen LogP contribution in [-0.2, 0) is 16.6 Å². The van der Waals surface area contributed by atoms with Gasteiger partial charge in [-0.05, 0) is 103 Å². The predicted molar refractivity (Wildman–Crippen MR) is 133 cm³/mol. The number of aryl methyl sites for hydroxylation is 2. The van der Waals surface area contributed by atoms with E-state index in [1.807, 2.05) is 19.2 Å². The molecule has 1 aromatic carbocycles. The lowest BCUT2D eigenvalue weighted by Crippen LogP contribution is -2.26. The normalized spacial score (nSPS) is 17.9. The molecule has 1 saturated carbocycles. The van der Waals surface area contributed by atoms with Gasteiger partial charge in [0, 0.05) is 23.1 Å². The largest absolute Gasteiger partial charge is 0.381 e. The van der Waals surface area contributed by atoms with Crippen molar-refractivity contribution in [2.45, 2.75) is 44.9 Å². The van der Waals surface area contributed by atoms with E-state index in [1.54, 1.807) is 11.8 Å². The molecule has 1 aliphatic heterocycles. The maximum atomic E-state index is 13.2. The molecule has 1 amide bonds. The molecule has 0 N–H and O–H groups in total. The highest BCUT2D eigenvalue weighted by Gasteiger charge is 2.31. The van der Waals surface area contributed by atoms with Gasteiger partial charge in [0.1, 0.15) is 11.6 Å². The minimum Gasteiger partial charge on any atom is -0.381 e. The Kier molecular flexibility index (Phi) is 5.68. The molecular formula is C25H25IN4O2. The van der Waals surface area contributed by atoms with E-state index in [9.17, 15) is 4.79 Å². The number of imidazole rings is 1. The van der Waals surface area contributed by atoms with Gasteiger partial charge in [-0.1, -0.05) is 5.92 Å². The Labute approximate surface area is 201 Å². The summed E-state index contributed by atoms with van der Waals surface area (Å²) in [7, 11) is 2.02. The molecule has 5 rings (SSSR count). The molecule has 0 bridgehead atoms. The summed E-state index contributed by atoms with van der Waals surface area (Å²) in [4.78, 5) is 24.6. The number of carbonyl (C=O) groups is 1. The van der Waals surface area contributed by atoms with Gasteiger partial charge in [0.2, 0.25) is 0 Å². The Morgan fingerprint density at radius 2 is 2.03 bits per heavy atom. The van der Waals surface area contributed by atoms with Gasteiger partial charge in [0.25, 0.3) is 0 Å². The second-order valence-corrected chi connectivity index (χ2v) is 9.71. The molecule has 7 heteroatoms. The number of halogens is 1. The van der Waals surface area contributed by atoms with Crippen molar-refractivity contribution in [2.24, 2.45) is 7.05 Å². The molecule has 1 aliphatic carbocycles. The Bertz CT molecular complexity index is 1280. The number of ether oxygens (including phenoxy) is 1. The van der Waals surface area contributed by atoms with Gasteiger partial charge in [-0.25, -0.2) is 9.97 Å². The van der Waals surface area contributed by atoms with Crippen molar-refractivity contribution in [1.82, 2.24) is 14.5 Å². The van der Waals surface area contributed by atoms with E-state index < -0.39 is 0 Å². The number of hydrogen-bond acceptors (Lipinski definition) is 4. The molecule has 1 unspecified atom stereocenters. The summed E-state index contributed by atoms with van der Waals surface area (Å²) in [6.45, 7) is 5.21. The zero-order valence-electron chi connectivity index (χ0n) is 18.5. The van der Waals surface area contributed by atoms with Crippen molar-refractivity contribution in [2.75, 3.05) is 18.1 Å². The molecule has 6 nitrogen and oxygen atoms in total. The van der Waals surface area contributed by atoms with Crippen LogP contribution in [0.25, 0.3) is 11.2 Å². The monoisotopic (exact) mass is 540 g/mol. The maximum absolute atomic E-state index is 13.2. The minimum atomic E-state index is -0.276. The third kappa shape index (κ3) is 3.80. The van der Waals surface area contributed by atoms with E-state index in [4.69, 9.17) is 14.7 Å². The maximum Gasteiger partial charge on any atom is 0.308 e. The fourth-order valence-electron chi connectivity index (χ4n) is 4.41. The van der Waals surface area contributed by atoms with Crippen LogP contribution in [-0.4, -0.2) is 33.7 Å². The van der Waals surface area contributed by atoms with Crippen molar-refractivity contribution < 1.29 is 9.53 Å². The van der Waals surface area contributed by atoms with E-state index in [0.29, 0.717) is 24.0 Å². The molecule has 2 fully saturated rings. The van der Waals surface area contributed by atoms with E-state index in [0.717, 1.165) is 48.5 Å². The zero-order chi connectivity index (χ0) is 22.4. The smallest absolute Gasteiger partial charge is 0.308 e. The number of aromatic nitrogens is 3. The highest BCUT2D eigenvalue weighted by atomic mass is 127. The second kappa shape index (κ2) is 8.49. The second-order valence-electron chi connectivity index (χ2n) is 8.55. The summed E-state index contributed by atoms with van der Waals surface area (Å²) in [5.74, 6) is 7.51. The molecule has 3 aromatic rings. The predicted octanol–water partition coefficient (Wildman–Crippen LogP) is 4.95. The SMILES string of the molecule is CC#CC(=O)N(c1ccc2c(n1)nc(C1CCOC1)n2C)c1cc(C)c(I)cc1C1CC1. The highest BCUT2D eigenvalue weighted by Crippen LogP contribution is 2.46. The van der Waals surface area contributed by atoms with Crippen LogP contribution in [0.15, 0.2) is 24.3 Å². The molecule has 164 valence electrons. The van der Waals surface area contributed by atoms with Crippen LogP contribution in [0, 0.1) is 22.3 Å². The number of fused-ring (bicyclic) bond motifs is 1. The van der Waals surface area contributed by atoms with Crippen LogP contribution >= 0.6 is 22.6 Å². The van der Waals surface area contributed by atoms with Crippen LogP contribution in [0.3, 0.4) is 0 Å². The molecular weight excluding hydrogens is 515 g/mol. The topological polar surface area (TPSA) is 60.3 Å². The van der Waals surface area contributed by atoms with Gasteiger partial charge in [-0.15, -0.1) is 0 Å². The third-order valence-corrected chi connectivity index (χ3v) is 7.45. The first-order chi connectivity index (χ1) is 15.5. The van der Waals surface area contributed by atoms with Crippen LogP contribution in [0.2, 0.25) is 0 Å². The average molecular weight is 540 g/mol. The number of amides is 1. The van der Waals surface area contributed by atoms with Gasteiger partial charge >= 0.3 is 5.91 Å². The lowest BCUT2D eigenvalue weighted by Gasteiger charge is -2.23. The number of rotatable bonds is 4. The van der Waals surface area contributed by atoms with Crippen molar-refractivity contribution >= 4 is 51.2 Å². The number of anilines is 2. The third-order valence-electron chi connectivity index (χ3n) is 6.29. The Morgan fingerprint density at radius 3 is 2.72 bits per heavy atom. The summed E-state index contributed by atoms with van der Waals surface area (Å²) in [5, 5.41) is 0. The van der Waals surface area contributed by atoms with Gasteiger partial charge in [0.05, 0.1) is 17.8 Å². The number of benzene rings is 1. The number of hydrogen-bond donors (Lipinski definition) is 0. The minimum absolute atomic E-state index is 0.276. The van der Waals surface area contributed by atoms with Crippen molar-refractivity contribution in [3.8, 4) is 11.8 Å². The number of nitrogens with zero attached hydrogens (tertiary/aromatic N) is 4. The Morgan fingerprint density at radius 1 is 1.22 bits per heavy atom. The average Bonchev–Trinajstić information content (AvgIpc) is 3.37. The van der Waals surface area contributed by atoms with Crippen LogP contribution in [0.1, 0.15) is 55.0 Å². The molecule has 1 atom stereocenters. The van der Waals surface area contributed by atoms with Crippen molar-refractivity contribution in [3.63, 3.8) is 0 Å². The molecule has 2 aliphatic rings. The lowest BCUT2D eigenvalue weighted by molar-refractivity contribution is -0.112. The quantitative estimate of drug-likeness (QED) is 0.347. The summed E-state index contributed by atoms with van der Waals surface area (Å²) in [5.41, 5.74) is 4.80. The van der Waals surface area contributed by atoms with Crippen LogP contribution < -0.4 is 4.90 Å². The zero-order valence-corrected chi connectivity index (χ0v) is 20.6. The molecule has 1 saturated heterocycles. The fourth-order valence-corrected chi connectivity index (χ4v) is 4.90. The fraction of sp³-hybridized carbons (Fsp3) is 0.400. The Hall–Kier alpha value is -2.44. The molecule has 0 radical (unpaired) electrons. The molecule has 2 aromatic heterocycles. The van der Waals surface area contributed by atoms with Crippen molar-refractivity contribution in [3.05, 3.63) is 44.8 Å². The molecule has 3 heterocycles.